The highest BCUT2D eigenvalue weighted by atomic mass is 16.2. The van der Waals surface area contributed by atoms with Gasteiger partial charge in [-0.05, 0) is 31.6 Å². The van der Waals surface area contributed by atoms with Gasteiger partial charge in [0.1, 0.15) is 0 Å². The van der Waals surface area contributed by atoms with Crippen molar-refractivity contribution in [3.05, 3.63) is 0 Å². The Bertz CT molecular complexity index is 259. The molecule has 1 aliphatic heterocycles. The molecule has 1 N–H and O–H groups in total. The van der Waals surface area contributed by atoms with Gasteiger partial charge >= 0.3 is 0 Å². The third kappa shape index (κ3) is 3.44. The lowest BCUT2D eigenvalue weighted by molar-refractivity contribution is -0.135. The van der Waals surface area contributed by atoms with Gasteiger partial charge in [0.25, 0.3) is 0 Å². The molecule has 1 amide bonds. The minimum absolute atomic E-state index is 0.374. The predicted octanol–water partition coefficient (Wildman–Crippen LogP) is 2.02. The average molecular weight is 238 g/mol. The van der Waals surface area contributed by atoms with Crippen molar-refractivity contribution in [2.45, 2.75) is 52.0 Å². The number of amides is 1. The van der Waals surface area contributed by atoms with E-state index >= 15 is 0 Å². The van der Waals surface area contributed by atoms with E-state index in [1.165, 1.54) is 25.7 Å². The van der Waals surface area contributed by atoms with Gasteiger partial charge in [0.05, 0.1) is 0 Å². The van der Waals surface area contributed by atoms with Crippen LogP contribution in [-0.4, -0.2) is 36.5 Å². The lowest BCUT2D eigenvalue weighted by atomic mass is 9.81. The van der Waals surface area contributed by atoms with Gasteiger partial charge in [0.15, 0.2) is 0 Å². The summed E-state index contributed by atoms with van der Waals surface area (Å²) in [5.41, 5.74) is 0. The molecule has 0 unspecified atom stereocenters. The molecule has 1 saturated carbocycles. The van der Waals surface area contributed by atoms with Crippen LogP contribution in [0.5, 0.6) is 0 Å². The van der Waals surface area contributed by atoms with E-state index in [4.69, 9.17) is 0 Å². The van der Waals surface area contributed by atoms with E-state index in [9.17, 15) is 4.79 Å². The monoisotopic (exact) mass is 238 g/mol. The van der Waals surface area contributed by atoms with Crippen LogP contribution in [0.4, 0.5) is 0 Å². The topological polar surface area (TPSA) is 32.3 Å². The summed E-state index contributed by atoms with van der Waals surface area (Å²) < 4.78 is 0. The molecular weight excluding hydrogens is 212 g/mol. The molecule has 3 heteroatoms. The second-order valence-corrected chi connectivity index (χ2v) is 5.97. The third-order valence-corrected chi connectivity index (χ3v) is 4.42. The Balaban J connectivity index is 1.79. The molecule has 1 atom stereocenters. The lowest BCUT2D eigenvalue weighted by Gasteiger charge is -2.35. The quantitative estimate of drug-likeness (QED) is 0.798. The highest BCUT2D eigenvalue weighted by Gasteiger charge is 2.26. The largest absolute Gasteiger partial charge is 0.337 e. The molecule has 0 bridgehead atoms. The molecule has 0 spiro atoms. The summed E-state index contributed by atoms with van der Waals surface area (Å²) in [5, 5.41) is 3.33. The Morgan fingerprint density at radius 1 is 1.24 bits per heavy atom. The predicted molar refractivity (Wildman–Crippen MR) is 69.8 cm³/mol. The summed E-state index contributed by atoms with van der Waals surface area (Å²) >= 11 is 0. The summed E-state index contributed by atoms with van der Waals surface area (Å²) in [6, 6.07) is 0.374. The standard InChI is InChI=1S/C14H26N2O/c1-11-3-5-13(6-4-11)9-14(17)16-8-7-15-10-12(16)2/h11-13,15H,3-10H2,1-2H3/t11?,12-,13?/m0/s1. The normalized spacial score (nSPS) is 34.7. The summed E-state index contributed by atoms with van der Waals surface area (Å²) in [6.45, 7) is 7.28. The van der Waals surface area contributed by atoms with Gasteiger partial charge in [-0.15, -0.1) is 0 Å². The molecule has 2 fully saturated rings. The van der Waals surface area contributed by atoms with Gasteiger partial charge in [0.2, 0.25) is 5.91 Å². The molecule has 0 aromatic carbocycles. The zero-order chi connectivity index (χ0) is 12.3. The van der Waals surface area contributed by atoms with Crippen LogP contribution < -0.4 is 5.32 Å². The molecule has 0 aromatic rings. The Labute approximate surface area is 105 Å². The van der Waals surface area contributed by atoms with Gasteiger partial charge < -0.3 is 10.2 Å². The summed E-state index contributed by atoms with van der Waals surface area (Å²) in [6.07, 6.45) is 5.93. The highest BCUT2D eigenvalue weighted by Crippen LogP contribution is 2.30. The molecule has 1 saturated heterocycles. The number of nitrogens with one attached hydrogen (secondary N) is 1. The van der Waals surface area contributed by atoms with E-state index in [1.54, 1.807) is 0 Å². The number of nitrogens with zero attached hydrogens (tertiary/aromatic N) is 1. The SMILES string of the molecule is CC1CCC(CC(=O)N2CCNC[C@@H]2C)CC1. The zero-order valence-electron chi connectivity index (χ0n) is 11.2. The lowest BCUT2D eigenvalue weighted by Crippen LogP contribution is -2.52. The van der Waals surface area contributed by atoms with Crippen molar-refractivity contribution in [1.29, 1.82) is 0 Å². The van der Waals surface area contributed by atoms with E-state index in [0.717, 1.165) is 32.0 Å². The molecule has 3 nitrogen and oxygen atoms in total. The number of hydrogen-bond donors (Lipinski definition) is 1. The van der Waals surface area contributed by atoms with E-state index in [-0.39, 0.29) is 0 Å². The first-order valence-electron chi connectivity index (χ1n) is 7.17. The number of carbonyl (C=O) groups excluding carboxylic acids is 1. The average Bonchev–Trinajstić information content (AvgIpc) is 2.32. The van der Waals surface area contributed by atoms with Crippen molar-refractivity contribution >= 4 is 5.91 Å². The molecule has 17 heavy (non-hydrogen) atoms. The van der Waals surface area contributed by atoms with Crippen molar-refractivity contribution < 1.29 is 4.79 Å². The fourth-order valence-corrected chi connectivity index (χ4v) is 3.11. The molecule has 1 heterocycles. The van der Waals surface area contributed by atoms with E-state index in [2.05, 4.69) is 24.1 Å². The van der Waals surface area contributed by atoms with Crippen molar-refractivity contribution in [1.82, 2.24) is 10.2 Å². The molecule has 2 aliphatic rings. The zero-order valence-corrected chi connectivity index (χ0v) is 11.2. The first kappa shape index (κ1) is 12.9. The minimum atomic E-state index is 0.374. The Kier molecular flexibility index (Phi) is 4.43. The maximum atomic E-state index is 12.3. The number of rotatable bonds is 2. The van der Waals surface area contributed by atoms with Crippen LogP contribution in [0.15, 0.2) is 0 Å². The summed E-state index contributed by atoms with van der Waals surface area (Å²) in [7, 11) is 0. The van der Waals surface area contributed by atoms with Crippen molar-refractivity contribution in [2.24, 2.45) is 11.8 Å². The van der Waals surface area contributed by atoms with Crippen LogP contribution in [0, 0.1) is 11.8 Å². The molecule has 1 aliphatic carbocycles. The Hall–Kier alpha value is -0.570. The fourth-order valence-electron chi connectivity index (χ4n) is 3.11. The number of carbonyl (C=O) groups is 1. The van der Waals surface area contributed by atoms with Crippen molar-refractivity contribution in [3.8, 4) is 0 Å². The Morgan fingerprint density at radius 3 is 2.59 bits per heavy atom. The first-order valence-corrected chi connectivity index (χ1v) is 7.17. The third-order valence-electron chi connectivity index (χ3n) is 4.42. The summed E-state index contributed by atoms with van der Waals surface area (Å²) in [5.74, 6) is 1.92. The highest BCUT2D eigenvalue weighted by molar-refractivity contribution is 5.77. The smallest absolute Gasteiger partial charge is 0.223 e. The molecular formula is C14H26N2O. The van der Waals surface area contributed by atoms with Crippen molar-refractivity contribution in [3.63, 3.8) is 0 Å². The minimum Gasteiger partial charge on any atom is -0.337 e. The van der Waals surface area contributed by atoms with E-state index in [1.807, 2.05) is 0 Å². The first-order chi connectivity index (χ1) is 8.16. The van der Waals surface area contributed by atoms with Gasteiger partial charge in [-0.3, -0.25) is 4.79 Å². The van der Waals surface area contributed by atoms with Gasteiger partial charge in [-0.1, -0.05) is 19.8 Å². The van der Waals surface area contributed by atoms with Crippen LogP contribution in [0.1, 0.15) is 46.0 Å². The van der Waals surface area contributed by atoms with Crippen LogP contribution in [0.25, 0.3) is 0 Å². The van der Waals surface area contributed by atoms with Crippen LogP contribution in [0.3, 0.4) is 0 Å². The van der Waals surface area contributed by atoms with Gasteiger partial charge in [0, 0.05) is 32.1 Å². The maximum absolute atomic E-state index is 12.3. The molecule has 0 aromatic heterocycles. The van der Waals surface area contributed by atoms with Crippen LogP contribution >= 0.6 is 0 Å². The Morgan fingerprint density at radius 2 is 1.94 bits per heavy atom. The van der Waals surface area contributed by atoms with E-state index < -0.39 is 0 Å². The van der Waals surface area contributed by atoms with Crippen LogP contribution in [0.2, 0.25) is 0 Å². The van der Waals surface area contributed by atoms with Gasteiger partial charge in [-0.2, -0.15) is 0 Å². The molecule has 2 rings (SSSR count). The second kappa shape index (κ2) is 5.85. The molecule has 0 radical (unpaired) electrons. The summed E-state index contributed by atoms with van der Waals surface area (Å²) in [4.78, 5) is 14.3. The van der Waals surface area contributed by atoms with Crippen molar-refractivity contribution in [2.75, 3.05) is 19.6 Å². The second-order valence-electron chi connectivity index (χ2n) is 5.97. The fraction of sp³-hybridized carbons (Fsp3) is 0.929. The maximum Gasteiger partial charge on any atom is 0.223 e. The number of piperazine rings is 1. The van der Waals surface area contributed by atoms with E-state index in [0.29, 0.717) is 17.9 Å². The van der Waals surface area contributed by atoms with Gasteiger partial charge in [-0.25, -0.2) is 0 Å². The van der Waals surface area contributed by atoms with Crippen LogP contribution in [-0.2, 0) is 4.79 Å². The molecule has 98 valence electrons. The number of hydrogen-bond acceptors (Lipinski definition) is 2.